The highest BCUT2D eigenvalue weighted by molar-refractivity contribution is 5.48. The molecule has 1 saturated carbocycles. The molecule has 118 valence electrons. The average Bonchev–Trinajstić information content (AvgIpc) is 3.28. The van der Waals surface area contributed by atoms with Crippen LogP contribution in [0.1, 0.15) is 31.7 Å². The summed E-state index contributed by atoms with van der Waals surface area (Å²) in [6.07, 6.45) is 3.69. The second-order valence-electron chi connectivity index (χ2n) is 5.90. The Morgan fingerprint density at radius 2 is 2.19 bits per heavy atom. The summed E-state index contributed by atoms with van der Waals surface area (Å²) >= 11 is 0. The summed E-state index contributed by atoms with van der Waals surface area (Å²) in [4.78, 5) is 1.92. The van der Waals surface area contributed by atoms with Crippen LogP contribution in [0.15, 0.2) is 18.2 Å². The number of rotatable bonds is 10. The van der Waals surface area contributed by atoms with E-state index >= 15 is 0 Å². The Balaban J connectivity index is 1.77. The maximum atomic E-state index is 14.1. The molecule has 0 heterocycles. The number of anilines is 1. The van der Waals surface area contributed by atoms with Crippen LogP contribution in [0.5, 0.6) is 0 Å². The largest absolute Gasteiger partial charge is 0.379 e. The van der Waals surface area contributed by atoms with Gasteiger partial charge in [0.15, 0.2) is 0 Å². The smallest absolute Gasteiger partial charge is 0.146 e. The monoisotopic (exact) mass is 294 g/mol. The van der Waals surface area contributed by atoms with Crippen molar-refractivity contribution in [2.24, 2.45) is 5.92 Å². The molecule has 0 aliphatic heterocycles. The van der Waals surface area contributed by atoms with Gasteiger partial charge >= 0.3 is 0 Å². The van der Waals surface area contributed by atoms with Gasteiger partial charge in [0.25, 0.3) is 0 Å². The molecular formula is C17H27FN2O. The van der Waals surface area contributed by atoms with Crippen molar-refractivity contribution in [1.82, 2.24) is 5.32 Å². The Labute approximate surface area is 127 Å². The van der Waals surface area contributed by atoms with Crippen LogP contribution < -0.4 is 10.2 Å². The van der Waals surface area contributed by atoms with Gasteiger partial charge < -0.3 is 15.0 Å². The standard InChI is InChI=1S/C17H27FN2O/c1-3-8-19-12-15-6-7-17(16(18)11-15)20(2)9-10-21-13-14-4-5-14/h6-7,11,14,19H,3-5,8-10,12-13H2,1-2H3. The Morgan fingerprint density at radius 1 is 1.38 bits per heavy atom. The molecule has 1 aromatic carbocycles. The van der Waals surface area contributed by atoms with Gasteiger partial charge in [0.05, 0.1) is 12.3 Å². The normalized spacial score (nSPS) is 14.4. The molecule has 0 saturated heterocycles. The highest BCUT2D eigenvalue weighted by Crippen LogP contribution is 2.28. The van der Waals surface area contributed by atoms with E-state index in [1.165, 1.54) is 12.8 Å². The number of nitrogens with zero attached hydrogens (tertiary/aromatic N) is 1. The molecule has 4 heteroatoms. The van der Waals surface area contributed by atoms with Gasteiger partial charge in [-0.05, 0) is 49.4 Å². The quantitative estimate of drug-likeness (QED) is 0.671. The van der Waals surface area contributed by atoms with Gasteiger partial charge in [-0.3, -0.25) is 0 Å². The maximum Gasteiger partial charge on any atom is 0.146 e. The maximum absolute atomic E-state index is 14.1. The van der Waals surface area contributed by atoms with E-state index in [4.69, 9.17) is 4.74 Å². The first-order chi connectivity index (χ1) is 10.2. The molecule has 3 nitrogen and oxygen atoms in total. The first-order valence-corrected chi connectivity index (χ1v) is 7.98. The third-order valence-corrected chi connectivity index (χ3v) is 3.80. The SMILES string of the molecule is CCCNCc1ccc(N(C)CCOCC2CC2)c(F)c1. The fourth-order valence-electron chi connectivity index (χ4n) is 2.24. The molecule has 1 aliphatic carbocycles. The second kappa shape index (κ2) is 8.35. The minimum atomic E-state index is -0.157. The summed E-state index contributed by atoms with van der Waals surface area (Å²) < 4.78 is 19.8. The number of hydrogen-bond donors (Lipinski definition) is 1. The lowest BCUT2D eigenvalue weighted by molar-refractivity contribution is 0.131. The predicted molar refractivity (Wildman–Crippen MR) is 85.2 cm³/mol. The molecule has 0 radical (unpaired) electrons. The molecule has 0 spiro atoms. The molecule has 0 bridgehead atoms. The predicted octanol–water partition coefficient (Wildman–Crippen LogP) is 3.19. The lowest BCUT2D eigenvalue weighted by Crippen LogP contribution is -2.24. The van der Waals surface area contributed by atoms with Crippen LogP contribution in [0, 0.1) is 11.7 Å². The third-order valence-electron chi connectivity index (χ3n) is 3.80. The topological polar surface area (TPSA) is 24.5 Å². The van der Waals surface area contributed by atoms with E-state index in [2.05, 4.69) is 12.2 Å². The van der Waals surface area contributed by atoms with E-state index in [0.29, 0.717) is 12.3 Å². The van der Waals surface area contributed by atoms with E-state index in [-0.39, 0.29) is 5.82 Å². The lowest BCUT2D eigenvalue weighted by Gasteiger charge is -2.20. The molecule has 1 aliphatic rings. The highest BCUT2D eigenvalue weighted by atomic mass is 19.1. The number of halogens is 1. The zero-order valence-corrected chi connectivity index (χ0v) is 13.2. The molecule has 21 heavy (non-hydrogen) atoms. The van der Waals surface area contributed by atoms with Gasteiger partial charge in [-0.1, -0.05) is 13.0 Å². The molecule has 1 fully saturated rings. The Kier molecular flexibility index (Phi) is 6.46. The van der Waals surface area contributed by atoms with Crippen molar-refractivity contribution in [1.29, 1.82) is 0 Å². The zero-order valence-electron chi connectivity index (χ0n) is 13.2. The summed E-state index contributed by atoms with van der Waals surface area (Å²) in [5, 5.41) is 3.29. The number of likely N-dealkylation sites (N-methyl/N-ethyl adjacent to an activating group) is 1. The fraction of sp³-hybridized carbons (Fsp3) is 0.647. The molecule has 1 aromatic rings. The zero-order chi connectivity index (χ0) is 15.1. The first kappa shape index (κ1) is 16.2. The molecule has 0 atom stereocenters. The van der Waals surface area contributed by atoms with Crippen LogP contribution in [0.4, 0.5) is 10.1 Å². The first-order valence-electron chi connectivity index (χ1n) is 7.98. The van der Waals surface area contributed by atoms with Crippen LogP contribution >= 0.6 is 0 Å². The number of ether oxygens (including phenoxy) is 1. The van der Waals surface area contributed by atoms with Crippen molar-refractivity contribution in [3.05, 3.63) is 29.6 Å². The van der Waals surface area contributed by atoms with Crippen LogP contribution in [0.25, 0.3) is 0 Å². The van der Waals surface area contributed by atoms with E-state index in [0.717, 1.165) is 44.1 Å². The molecule has 0 aromatic heterocycles. The van der Waals surface area contributed by atoms with E-state index in [1.54, 1.807) is 6.07 Å². The molecule has 1 N–H and O–H groups in total. The second-order valence-corrected chi connectivity index (χ2v) is 5.90. The lowest BCUT2D eigenvalue weighted by atomic mass is 10.2. The molecule has 2 rings (SSSR count). The van der Waals surface area contributed by atoms with Crippen LogP contribution in [0.2, 0.25) is 0 Å². The van der Waals surface area contributed by atoms with Crippen molar-refractivity contribution in [3.63, 3.8) is 0 Å². The van der Waals surface area contributed by atoms with Crippen LogP contribution in [-0.2, 0) is 11.3 Å². The summed E-state index contributed by atoms with van der Waals surface area (Å²) in [6, 6.07) is 5.47. The number of benzene rings is 1. The summed E-state index contributed by atoms with van der Waals surface area (Å²) in [7, 11) is 1.91. The molecular weight excluding hydrogens is 267 g/mol. The molecule has 0 unspecified atom stereocenters. The van der Waals surface area contributed by atoms with Gasteiger partial charge in [-0.25, -0.2) is 4.39 Å². The van der Waals surface area contributed by atoms with E-state index in [1.807, 2.05) is 24.1 Å². The number of hydrogen-bond acceptors (Lipinski definition) is 3. The van der Waals surface area contributed by atoms with Crippen molar-refractivity contribution in [2.45, 2.75) is 32.7 Å². The minimum Gasteiger partial charge on any atom is -0.379 e. The van der Waals surface area contributed by atoms with E-state index in [9.17, 15) is 4.39 Å². The van der Waals surface area contributed by atoms with Gasteiger partial charge in [-0.2, -0.15) is 0 Å². The Bertz CT molecular complexity index is 435. The average molecular weight is 294 g/mol. The summed E-state index contributed by atoms with van der Waals surface area (Å²) in [5.41, 5.74) is 1.63. The minimum absolute atomic E-state index is 0.157. The van der Waals surface area contributed by atoms with Gasteiger partial charge in [0, 0.05) is 26.7 Å². The van der Waals surface area contributed by atoms with Crippen molar-refractivity contribution < 1.29 is 9.13 Å². The van der Waals surface area contributed by atoms with Crippen LogP contribution in [0.3, 0.4) is 0 Å². The van der Waals surface area contributed by atoms with Crippen molar-refractivity contribution in [2.75, 3.05) is 38.3 Å². The van der Waals surface area contributed by atoms with Crippen molar-refractivity contribution in [3.8, 4) is 0 Å². The Morgan fingerprint density at radius 3 is 2.86 bits per heavy atom. The van der Waals surface area contributed by atoms with E-state index < -0.39 is 0 Å². The highest BCUT2D eigenvalue weighted by Gasteiger charge is 2.21. The van der Waals surface area contributed by atoms with Crippen LogP contribution in [-0.4, -0.2) is 33.4 Å². The number of nitrogens with one attached hydrogen (secondary N) is 1. The molecule has 0 amide bonds. The summed E-state index contributed by atoms with van der Waals surface area (Å²) in [5.74, 6) is 0.623. The fourth-order valence-corrected chi connectivity index (χ4v) is 2.24. The van der Waals surface area contributed by atoms with Gasteiger partial charge in [0.1, 0.15) is 5.82 Å². The Hall–Kier alpha value is -1.13. The van der Waals surface area contributed by atoms with Gasteiger partial charge in [-0.15, -0.1) is 0 Å². The van der Waals surface area contributed by atoms with Gasteiger partial charge in [0.2, 0.25) is 0 Å². The van der Waals surface area contributed by atoms with Crippen molar-refractivity contribution >= 4 is 5.69 Å². The summed E-state index contributed by atoms with van der Waals surface area (Å²) in [6.45, 7) is 6.04. The third kappa shape index (κ3) is 5.64.